The van der Waals surface area contributed by atoms with Crippen molar-refractivity contribution in [3.8, 4) is 0 Å². The van der Waals surface area contributed by atoms with E-state index in [-0.39, 0.29) is 0 Å². The summed E-state index contributed by atoms with van der Waals surface area (Å²) >= 11 is 0. The predicted molar refractivity (Wildman–Crippen MR) is 111 cm³/mol. The van der Waals surface area contributed by atoms with E-state index in [0.29, 0.717) is 46.9 Å². The van der Waals surface area contributed by atoms with Crippen LogP contribution in [-0.2, 0) is 6.42 Å². The van der Waals surface area contributed by atoms with E-state index >= 15 is 8.63 Å². The van der Waals surface area contributed by atoms with E-state index in [2.05, 4.69) is 4.98 Å². The smallest absolute Gasteiger partial charge is 0.393 e. The van der Waals surface area contributed by atoms with Crippen LogP contribution in [0.1, 0.15) is 62.3 Å². The SMILES string of the molecule is CCC1=C(C)C2=C(c3ccc(F)cn3)c3c(C)c(CC)c(C)n3[B-](F)(F)[N+]2=C1C. The van der Waals surface area contributed by atoms with Gasteiger partial charge in [0.1, 0.15) is 11.5 Å². The molecule has 0 atom stereocenters. The maximum Gasteiger partial charge on any atom is 0.737 e. The van der Waals surface area contributed by atoms with Crippen LogP contribution >= 0.6 is 0 Å². The molecule has 0 spiro atoms. The molecule has 2 aliphatic rings. The van der Waals surface area contributed by atoms with Gasteiger partial charge in [-0.15, -0.1) is 0 Å². The third kappa shape index (κ3) is 2.45. The van der Waals surface area contributed by atoms with Gasteiger partial charge in [-0.1, -0.05) is 13.8 Å². The fourth-order valence-electron chi connectivity index (χ4n) is 5.24. The summed E-state index contributed by atoms with van der Waals surface area (Å²) in [6.45, 7) is 7.23. The number of fused-ring (bicyclic) bond motifs is 2. The molecule has 3 nitrogen and oxygen atoms in total. The molecule has 0 aliphatic carbocycles. The van der Waals surface area contributed by atoms with Gasteiger partial charge in [0.05, 0.1) is 17.5 Å². The minimum atomic E-state index is -4.05. The van der Waals surface area contributed by atoms with E-state index < -0.39 is 12.8 Å². The Kier molecular flexibility index (Phi) is 4.41. The van der Waals surface area contributed by atoms with Crippen molar-refractivity contribution in [3.05, 3.63) is 69.2 Å². The van der Waals surface area contributed by atoms with Gasteiger partial charge >= 0.3 is 6.97 Å². The molecule has 2 aromatic rings. The van der Waals surface area contributed by atoms with Crippen LogP contribution in [0.25, 0.3) is 5.57 Å². The van der Waals surface area contributed by atoms with Crippen LogP contribution in [0.2, 0.25) is 0 Å². The second-order valence-corrected chi connectivity index (χ2v) is 7.85. The largest absolute Gasteiger partial charge is 0.737 e. The van der Waals surface area contributed by atoms with Crippen molar-refractivity contribution in [2.75, 3.05) is 0 Å². The van der Waals surface area contributed by atoms with Gasteiger partial charge in [-0.25, -0.2) is 4.39 Å². The molecule has 4 heterocycles. The van der Waals surface area contributed by atoms with Gasteiger partial charge < -0.3 is 17.6 Å². The van der Waals surface area contributed by atoms with Crippen LogP contribution in [0.5, 0.6) is 0 Å². The molecule has 2 aliphatic heterocycles. The van der Waals surface area contributed by atoms with Crippen LogP contribution in [0.4, 0.5) is 13.0 Å². The lowest BCUT2D eigenvalue weighted by Gasteiger charge is -2.33. The summed E-state index contributed by atoms with van der Waals surface area (Å²) in [5.41, 5.74) is 6.86. The monoisotopic (exact) mass is 399 g/mol. The molecule has 0 bridgehead atoms. The average molecular weight is 399 g/mol. The van der Waals surface area contributed by atoms with Crippen LogP contribution in [-0.4, -0.2) is 26.6 Å². The predicted octanol–water partition coefficient (Wildman–Crippen LogP) is 5.41. The van der Waals surface area contributed by atoms with Crippen molar-refractivity contribution in [3.63, 3.8) is 0 Å². The number of halogens is 3. The third-order valence-electron chi connectivity index (χ3n) is 6.48. The zero-order valence-corrected chi connectivity index (χ0v) is 17.7. The van der Waals surface area contributed by atoms with E-state index in [1.165, 1.54) is 15.0 Å². The van der Waals surface area contributed by atoms with Crippen molar-refractivity contribution in [1.29, 1.82) is 0 Å². The zero-order valence-electron chi connectivity index (χ0n) is 17.7. The van der Waals surface area contributed by atoms with Crippen molar-refractivity contribution in [2.24, 2.45) is 0 Å². The Bertz CT molecular complexity index is 1140. The van der Waals surface area contributed by atoms with Crippen molar-refractivity contribution in [1.82, 2.24) is 9.46 Å². The van der Waals surface area contributed by atoms with Gasteiger partial charge in [-0.3, -0.25) is 4.98 Å². The van der Waals surface area contributed by atoms with Crippen molar-refractivity contribution >= 4 is 18.3 Å². The molecule has 0 amide bonds. The quantitative estimate of drug-likeness (QED) is 0.633. The second-order valence-electron chi connectivity index (χ2n) is 7.85. The fourth-order valence-corrected chi connectivity index (χ4v) is 5.24. The number of rotatable bonds is 3. The van der Waals surface area contributed by atoms with Gasteiger partial charge in [-0.05, 0) is 62.6 Å². The lowest BCUT2D eigenvalue weighted by Crippen LogP contribution is -2.51. The molecule has 0 aromatic carbocycles. The van der Waals surface area contributed by atoms with Crippen LogP contribution < -0.4 is 0 Å². The molecule has 0 saturated heterocycles. The van der Waals surface area contributed by atoms with Gasteiger partial charge in [0.15, 0.2) is 5.70 Å². The number of aromatic nitrogens is 2. The lowest BCUT2D eigenvalue weighted by atomic mass is 9.85. The molecule has 4 rings (SSSR count). The minimum absolute atomic E-state index is 0.449. The summed E-state index contributed by atoms with van der Waals surface area (Å²) in [6.07, 6.45) is 2.48. The Morgan fingerprint density at radius 3 is 2.31 bits per heavy atom. The highest BCUT2D eigenvalue weighted by Gasteiger charge is 2.56. The number of pyridine rings is 1. The standard InChI is InChI=1S/C22H25BF3N3/c1-7-17-12(3)21-20(19-10-9-16(24)11-27-19)22-13(4)18(8-2)15(6)29(22)23(25,26)28(21)14(17)5/h9-11H,7-8H2,1-6H3. The molecule has 152 valence electrons. The summed E-state index contributed by atoms with van der Waals surface area (Å²) in [7, 11) is 0. The second kappa shape index (κ2) is 6.47. The summed E-state index contributed by atoms with van der Waals surface area (Å²) in [4.78, 5) is 4.28. The Morgan fingerprint density at radius 2 is 1.76 bits per heavy atom. The Balaban J connectivity index is 2.22. The van der Waals surface area contributed by atoms with Gasteiger partial charge in [0, 0.05) is 23.8 Å². The molecular formula is C22H25BF3N3. The summed E-state index contributed by atoms with van der Waals surface area (Å²) in [5.74, 6) is -0.449. The van der Waals surface area contributed by atoms with E-state index in [1.54, 1.807) is 19.9 Å². The molecule has 0 radical (unpaired) electrons. The number of nitrogens with zero attached hydrogens (tertiary/aromatic N) is 3. The van der Waals surface area contributed by atoms with E-state index in [0.717, 1.165) is 28.5 Å². The van der Waals surface area contributed by atoms with Crippen molar-refractivity contribution in [2.45, 2.75) is 54.4 Å². The maximum atomic E-state index is 16.0. The Labute approximate surface area is 169 Å². The number of allylic oxidation sites excluding steroid dienone is 2. The molecule has 0 unspecified atom stereocenters. The normalized spacial score (nSPS) is 18.0. The molecule has 0 saturated carbocycles. The van der Waals surface area contributed by atoms with Gasteiger partial charge in [0.25, 0.3) is 0 Å². The third-order valence-corrected chi connectivity index (χ3v) is 6.48. The first-order valence-corrected chi connectivity index (χ1v) is 10.1. The maximum absolute atomic E-state index is 16.0. The van der Waals surface area contributed by atoms with E-state index in [9.17, 15) is 4.39 Å². The molecule has 29 heavy (non-hydrogen) atoms. The molecule has 0 N–H and O–H groups in total. The summed E-state index contributed by atoms with van der Waals surface area (Å²) < 4.78 is 48.0. The first kappa shape index (κ1) is 19.7. The molecular weight excluding hydrogens is 374 g/mol. The van der Waals surface area contributed by atoms with Crippen LogP contribution in [0.3, 0.4) is 0 Å². The lowest BCUT2D eigenvalue weighted by molar-refractivity contribution is -0.363. The number of hydrogen-bond donors (Lipinski definition) is 0. The highest BCUT2D eigenvalue weighted by Crippen LogP contribution is 2.46. The van der Waals surface area contributed by atoms with Gasteiger partial charge in [-0.2, -0.15) is 0 Å². The minimum Gasteiger partial charge on any atom is -0.393 e. The van der Waals surface area contributed by atoms with E-state index in [1.807, 2.05) is 27.7 Å². The highest BCUT2D eigenvalue weighted by atomic mass is 19.2. The Hall–Kier alpha value is -2.57. The zero-order chi connectivity index (χ0) is 21.2. The summed E-state index contributed by atoms with van der Waals surface area (Å²) in [6, 6.07) is 2.91. The van der Waals surface area contributed by atoms with Gasteiger partial charge in [0.2, 0.25) is 0 Å². The first-order valence-electron chi connectivity index (χ1n) is 10.1. The topological polar surface area (TPSA) is 20.8 Å². The highest BCUT2D eigenvalue weighted by molar-refractivity contribution is 6.58. The Morgan fingerprint density at radius 1 is 1.07 bits per heavy atom. The molecule has 2 aromatic heterocycles. The molecule has 7 heteroatoms. The first-order chi connectivity index (χ1) is 13.7. The average Bonchev–Trinajstić information content (AvgIpc) is 3.08. The van der Waals surface area contributed by atoms with Crippen LogP contribution in [0, 0.1) is 19.7 Å². The molecule has 0 fully saturated rings. The fraction of sp³-hybridized carbons (Fsp3) is 0.364. The summed E-state index contributed by atoms with van der Waals surface area (Å²) in [5, 5.41) is 0. The van der Waals surface area contributed by atoms with Crippen LogP contribution in [0.15, 0.2) is 35.2 Å². The van der Waals surface area contributed by atoms with Crippen molar-refractivity contribution < 1.29 is 17.5 Å². The number of hydrogen-bond acceptors (Lipinski definition) is 1. The van der Waals surface area contributed by atoms with E-state index in [4.69, 9.17) is 0 Å².